The maximum Gasteiger partial charge on any atom is 0.228 e. The van der Waals surface area contributed by atoms with Crippen molar-refractivity contribution in [3.05, 3.63) is 65.9 Å². The Morgan fingerprint density at radius 1 is 1.17 bits per heavy atom. The molecule has 5 heteroatoms. The Labute approximate surface area is 138 Å². The van der Waals surface area contributed by atoms with E-state index in [1.54, 1.807) is 11.7 Å². The summed E-state index contributed by atoms with van der Waals surface area (Å²) in [5.74, 6) is 0.391. The Balaban J connectivity index is 1.48. The largest absolute Gasteiger partial charge is 0.316 e. The average molecular weight is 321 g/mol. The zero-order chi connectivity index (χ0) is 15.6. The highest BCUT2D eigenvalue weighted by atomic mass is 32.1. The van der Waals surface area contributed by atoms with Crippen LogP contribution in [0.25, 0.3) is 11.3 Å². The van der Waals surface area contributed by atoms with Gasteiger partial charge in [0, 0.05) is 23.9 Å². The third-order valence-corrected chi connectivity index (χ3v) is 4.83. The van der Waals surface area contributed by atoms with Crippen molar-refractivity contribution < 1.29 is 4.79 Å². The molecule has 4 nitrogen and oxygen atoms in total. The van der Waals surface area contributed by atoms with Crippen molar-refractivity contribution in [2.45, 2.75) is 12.3 Å². The highest BCUT2D eigenvalue weighted by Crippen LogP contribution is 2.48. The molecule has 1 aliphatic rings. The third-order valence-electron chi connectivity index (χ3n) is 4.09. The number of carbonyl (C=O) groups excluding carboxylic acids is 1. The third kappa shape index (κ3) is 2.87. The maximum absolute atomic E-state index is 12.5. The first-order chi connectivity index (χ1) is 11.3. The van der Waals surface area contributed by atoms with E-state index in [9.17, 15) is 4.79 Å². The minimum absolute atomic E-state index is 0.0323. The van der Waals surface area contributed by atoms with Crippen molar-refractivity contribution >= 4 is 22.2 Å². The van der Waals surface area contributed by atoms with E-state index in [1.807, 2.05) is 48.7 Å². The number of aromatic nitrogens is 2. The minimum Gasteiger partial charge on any atom is -0.316 e. The molecule has 2 aromatic heterocycles. The number of pyridine rings is 1. The lowest BCUT2D eigenvalue weighted by Crippen LogP contribution is -2.14. The molecule has 3 aromatic rings. The Morgan fingerprint density at radius 3 is 2.83 bits per heavy atom. The van der Waals surface area contributed by atoms with E-state index in [1.165, 1.54) is 11.3 Å². The van der Waals surface area contributed by atoms with Crippen LogP contribution in [-0.2, 0) is 4.79 Å². The van der Waals surface area contributed by atoms with E-state index in [4.69, 9.17) is 0 Å². The van der Waals surface area contributed by atoms with Crippen LogP contribution in [0.5, 0.6) is 0 Å². The van der Waals surface area contributed by atoms with Gasteiger partial charge >= 0.3 is 0 Å². The molecule has 1 saturated carbocycles. The van der Waals surface area contributed by atoms with Gasteiger partial charge in [-0.3, -0.25) is 9.78 Å². The summed E-state index contributed by atoms with van der Waals surface area (Å²) in [4.78, 5) is 21.0. The lowest BCUT2D eigenvalue weighted by Gasteiger charge is -2.05. The zero-order valence-corrected chi connectivity index (χ0v) is 13.2. The highest BCUT2D eigenvalue weighted by Gasteiger charge is 2.44. The van der Waals surface area contributed by atoms with Crippen LogP contribution in [0, 0.1) is 5.92 Å². The normalized spacial score (nSPS) is 19.3. The van der Waals surface area contributed by atoms with E-state index in [2.05, 4.69) is 15.3 Å². The van der Waals surface area contributed by atoms with Crippen LogP contribution < -0.4 is 5.32 Å². The van der Waals surface area contributed by atoms with Gasteiger partial charge in [0.15, 0.2) is 0 Å². The number of benzene rings is 1. The molecular formula is C18H15N3OS. The Bertz CT molecular complexity index is 817. The minimum atomic E-state index is 0.0323. The molecule has 1 amide bonds. The van der Waals surface area contributed by atoms with Gasteiger partial charge < -0.3 is 5.32 Å². The molecule has 1 N–H and O–H groups in total. The van der Waals surface area contributed by atoms with Crippen LogP contribution >= 0.6 is 11.3 Å². The van der Waals surface area contributed by atoms with Gasteiger partial charge in [-0.25, -0.2) is 4.98 Å². The molecule has 0 saturated heterocycles. The van der Waals surface area contributed by atoms with E-state index in [-0.39, 0.29) is 17.7 Å². The van der Waals surface area contributed by atoms with Gasteiger partial charge in [-0.15, -0.1) is 11.3 Å². The molecule has 0 bridgehead atoms. The lowest BCUT2D eigenvalue weighted by atomic mass is 10.1. The Kier molecular flexibility index (Phi) is 3.63. The fraction of sp³-hybridized carbons (Fsp3) is 0.167. The van der Waals surface area contributed by atoms with E-state index < -0.39 is 0 Å². The summed E-state index contributed by atoms with van der Waals surface area (Å²) >= 11 is 1.46. The van der Waals surface area contributed by atoms with E-state index >= 15 is 0 Å². The fourth-order valence-corrected chi connectivity index (χ4v) is 3.49. The Morgan fingerprint density at radius 2 is 2.04 bits per heavy atom. The summed E-state index contributed by atoms with van der Waals surface area (Å²) in [5.41, 5.74) is 4.76. The summed E-state index contributed by atoms with van der Waals surface area (Å²) in [7, 11) is 0. The average Bonchev–Trinajstić information content (AvgIpc) is 3.29. The van der Waals surface area contributed by atoms with Crippen molar-refractivity contribution in [3.63, 3.8) is 0 Å². The highest BCUT2D eigenvalue weighted by molar-refractivity contribution is 7.14. The number of anilines is 1. The number of hydrogen-bond acceptors (Lipinski definition) is 4. The van der Waals surface area contributed by atoms with Crippen LogP contribution in [0.1, 0.15) is 17.9 Å². The van der Waals surface area contributed by atoms with Crippen molar-refractivity contribution in [2.75, 3.05) is 5.32 Å². The number of hydrogen-bond donors (Lipinski definition) is 1. The number of carbonyl (C=O) groups is 1. The van der Waals surface area contributed by atoms with Gasteiger partial charge in [0.25, 0.3) is 0 Å². The Hall–Kier alpha value is -2.53. The number of thiazole rings is 1. The first-order valence-electron chi connectivity index (χ1n) is 7.52. The number of rotatable bonds is 4. The van der Waals surface area contributed by atoms with Crippen LogP contribution in [-0.4, -0.2) is 15.9 Å². The molecule has 0 unspecified atom stereocenters. The molecule has 114 valence electrons. The molecule has 1 aromatic carbocycles. The molecule has 1 aliphatic carbocycles. The van der Waals surface area contributed by atoms with Gasteiger partial charge in [0.05, 0.1) is 5.51 Å². The fourth-order valence-electron chi connectivity index (χ4n) is 2.79. The first kappa shape index (κ1) is 14.1. The molecule has 0 radical (unpaired) electrons. The van der Waals surface area contributed by atoms with Crippen LogP contribution in [0.3, 0.4) is 0 Å². The summed E-state index contributed by atoms with van der Waals surface area (Å²) in [5, 5.41) is 3.86. The van der Waals surface area contributed by atoms with Gasteiger partial charge in [-0.2, -0.15) is 0 Å². The standard InChI is InChI=1S/C18H15N3OS/c22-17(15-9-14(15)13-7-4-8-19-10-13)21-18-16(20-11-23-18)12-5-2-1-3-6-12/h1-8,10-11,14-15H,9H2,(H,21,22)/t14-,15-/m1/s1. The molecule has 23 heavy (non-hydrogen) atoms. The van der Waals surface area contributed by atoms with Gasteiger partial charge in [0.1, 0.15) is 10.7 Å². The predicted molar refractivity (Wildman–Crippen MR) is 91.3 cm³/mol. The van der Waals surface area contributed by atoms with Crippen molar-refractivity contribution in [1.29, 1.82) is 0 Å². The van der Waals surface area contributed by atoms with E-state index in [0.29, 0.717) is 0 Å². The van der Waals surface area contributed by atoms with Gasteiger partial charge in [0.2, 0.25) is 5.91 Å². The van der Waals surface area contributed by atoms with Crippen molar-refractivity contribution in [3.8, 4) is 11.3 Å². The van der Waals surface area contributed by atoms with Gasteiger partial charge in [-0.1, -0.05) is 36.4 Å². The summed E-state index contributed by atoms with van der Waals surface area (Å²) in [6, 6.07) is 13.9. The molecule has 0 aliphatic heterocycles. The monoisotopic (exact) mass is 321 g/mol. The number of amides is 1. The SMILES string of the molecule is O=C(Nc1scnc1-c1ccccc1)[C@@H]1C[C@@H]1c1cccnc1. The second-order valence-corrected chi connectivity index (χ2v) is 6.48. The first-order valence-corrected chi connectivity index (χ1v) is 8.40. The van der Waals surface area contributed by atoms with Crippen molar-refractivity contribution in [2.24, 2.45) is 5.92 Å². The molecule has 2 atom stereocenters. The van der Waals surface area contributed by atoms with E-state index in [0.717, 1.165) is 28.2 Å². The van der Waals surface area contributed by atoms with Crippen LogP contribution in [0.15, 0.2) is 60.4 Å². The molecular weight excluding hydrogens is 306 g/mol. The topological polar surface area (TPSA) is 54.9 Å². The van der Waals surface area contributed by atoms with Gasteiger partial charge in [-0.05, 0) is 24.0 Å². The molecule has 1 fully saturated rings. The second-order valence-electron chi connectivity index (χ2n) is 5.62. The lowest BCUT2D eigenvalue weighted by molar-refractivity contribution is -0.117. The number of nitrogens with one attached hydrogen (secondary N) is 1. The van der Waals surface area contributed by atoms with Crippen molar-refractivity contribution in [1.82, 2.24) is 9.97 Å². The molecule has 4 rings (SSSR count). The second kappa shape index (κ2) is 5.93. The smallest absolute Gasteiger partial charge is 0.228 e. The summed E-state index contributed by atoms with van der Waals surface area (Å²) in [6.07, 6.45) is 4.49. The zero-order valence-electron chi connectivity index (χ0n) is 12.3. The maximum atomic E-state index is 12.5. The van der Waals surface area contributed by atoms with Crippen LogP contribution in [0.2, 0.25) is 0 Å². The quantitative estimate of drug-likeness (QED) is 0.791. The molecule has 0 spiro atoms. The summed E-state index contributed by atoms with van der Waals surface area (Å²) in [6.45, 7) is 0. The summed E-state index contributed by atoms with van der Waals surface area (Å²) < 4.78 is 0. The molecule has 2 heterocycles. The van der Waals surface area contributed by atoms with Crippen LogP contribution in [0.4, 0.5) is 5.00 Å². The number of nitrogens with zero attached hydrogens (tertiary/aromatic N) is 2. The predicted octanol–water partition coefficient (Wildman–Crippen LogP) is 3.95.